The number of hydrogen-bond acceptors (Lipinski definition) is 3. The molecule has 4 nitrogen and oxygen atoms in total. The predicted molar refractivity (Wildman–Crippen MR) is 68.5 cm³/mol. The fourth-order valence-corrected chi connectivity index (χ4v) is 1.96. The van der Waals surface area contributed by atoms with E-state index >= 15 is 0 Å². The summed E-state index contributed by atoms with van der Waals surface area (Å²) in [6.45, 7) is 3.52. The molecule has 0 aliphatic rings. The van der Waals surface area contributed by atoms with E-state index < -0.39 is 11.9 Å². The quantitative estimate of drug-likeness (QED) is 0.513. The van der Waals surface area contributed by atoms with Gasteiger partial charge in [-0.15, -0.1) is 0 Å². The summed E-state index contributed by atoms with van der Waals surface area (Å²) in [5, 5.41) is 0.843. The van der Waals surface area contributed by atoms with Crippen molar-refractivity contribution in [3.05, 3.63) is 35.5 Å². The second-order valence-corrected chi connectivity index (χ2v) is 4.36. The van der Waals surface area contributed by atoms with Crippen LogP contribution in [0.4, 0.5) is 0 Å². The average Bonchev–Trinajstić information content (AvgIpc) is 2.78. The molecule has 18 heavy (non-hydrogen) atoms. The first kappa shape index (κ1) is 12.4. The number of hydrogen-bond donors (Lipinski definition) is 1. The van der Waals surface area contributed by atoms with Crippen LogP contribution < -0.4 is 0 Å². The normalized spacial score (nSPS) is 12.4. The van der Waals surface area contributed by atoms with Crippen LogP contribution in [0.25, 0.3) is 10.9 Å². The van der Waals surface area contributed by atoms with Crippen LogP contribution in [0.1, 0.15) is 22.8 Å². The van der Waals surface area contributed by atoms with Gasteiger partial charge in [-0.25, -0.2) is 0 Å². The first-order chi connectivity index (χ1) is 8.54. The van der Waals surface area contributed by atoms with Crippen LogP contribution in [0.2, 0.25) is 0 Å². The standard InChI is InChI=1S/C14H15NO3/c1-8-4-5-12-10(6-8)11(7-15-12)13(16)9(2)14(17)18-3/h4-7,9,15H,1-3H3. The van der Waals surface area contributed by atoms with Crippen LogP contribution >= 0.6 is 0 Å². The number of fused-ring (bicyclic) bond motifs is 1. The van der Waals surface area contributed by atoms with E-state index in [1.165, 1.54) is 7.11 Å². The number of H-pyrrole nitrogens is 1. The Labute approximate surface area is 105 Å². The molecular weight excluding hydrogens is 230 g/mol. The van der Waals surface area contributed by atoms with Crippen LogP contribution in [-0.4, -0.2) is 23.8 Å². The van der Waals surface area contributed by atoms with Crippen molar-refractivity contribution in [2.45, 2.75) is 13.8 Å². The Hall–Kier alpha value is -2.10. The van der Waals surface area contributed by atoms with E-state index in [4.69, 9.17) is 0 Å². The summed E-state index contributed by atoms with van der Waals surface area (Å²) in [4.78, 5) is 26.6. The van der Waals surface area contributed by atoms with Crippen molar-refractivity contribution in [2.75, 3.05) is 7.11 Å². The number of aromatic amines is 1. The molecule has 2 aromatic rings. The topological polar surface area (TPSA) is 59.2 Å². The minimum Gasteiger partial charge on any atom is -0.468 e. The van der Waals surface area contributed by atoms with Crippen LogP contribution in [0.5, 0.6) is 0 Å². The lowest BCUT2D eigenvalue weighted by atomic mass is 9.98. The Morgan fingerprint density at radius 1 is 1.33 bits per heavy atom. The van der Waals surface area contributed by atoms with Gasteiger partial charge in [0.1, 0.15) is 5.92 Å². The highest BCUT2D eigenvalue weighted by Gasteiger charge is 2.25. The number of carbonyl (C=O) groups is 2. The van der Waals surface area contributed by atoms with E-state index in [0.29, 0.717) is 5.56 Å². The first-order valence-electron chi connectivity index (χ1n) is 5.74. The van der Waals surface area contributed by atoms with Gasteiger partial charge in [0.2, 0.25) is 0 Å². The van der Waals surface area contributed by atoms with Gasteiger partial charge in [0.25, 0.3) is 0 Å². The summed E-state index contributed by atoms with van der Waals surface area (Å²) < 4.78 is 4.60. The van der Waals surface area contributed by atoms with Gasteiger partial charge in [-0.2, -0.15) is 0 Å². The third-order valence-corrected chi connectivity index (χ3v) is 3.05. The van der Waals surface area contributed by atoms with Gasteiger partial charge in [0.15, 0.2) is 5.78 Å². The van der Waals surface area contributed by atoms with Gasteiger partial charge in [0, 0.05) is 22.7 Å². The number of rotatable bonds is 3. The Kier molecular flexibility index (Phi) is 3.19. The van der Waals surface area contributed by atoms with Crippen LogP contribution in [-0.2, 0) is 9.53 Å². The van der Waals surface area contributed by atoms with Crippen LogP contribution in [0.3, 0.4) is 0 Å². The average molecular weight is 245 g/mol. The second-order valence-electron chi connectivity index (χ2n) is 4.36. The third-order valence-electron chi connectivity index (χ3n) is 3.05. The summed E-state index contributed by atoms with van der Waals surface area (Å²) >= 11 is 0. The van der Waals surface area contributed by atoms with Crippen molar-refractivity contribution in [1.82, 2.24) is 4.98 Å². The van der Waals surface area contributed by atoms with E-state index in [9.17, 15) is 9.59 Å². The van der Waals surface area contributed by atoms with Crippen molar-refractivity contribution in [1.29, 1.82) is 0 Å². The molecule has 1 aromatic heterocycles. The molecule has 0 spiro atoms. The lowest BCUT2D eigenvalue weighted by Crippen LogP contribution is -2.22. The van der Waals surface area contributed by atoms with Crippen molar-refractivity contribution < 1.29 is 14.3 Å². The van der Waals surface area contributed by atoms with Gasteiger partial charge in [-0.05, 0) is 26.0 Å². The largest absolute Gasteiger partial charge is 0.468 e. The maximum atomic E-state index is 12.2. The van der Waals surface area contributed by atoms with Gasteiger partial charge in [-0.1, -0.05) is 11.6 Å². The fourth-order valence-electron chi connectivity index (χ4n) is 1.96. The van der Waals surface area contributed by atoms with E-state index in [0.717, 1.165) is 16.5 Å². The molecule has 0 saturated carbocycles. The van der Waals surface area contributed by atoms with E-state index in [1.807, 2.05) is 25.1 Å². The highest BCUT2D eigenvalue weighted by Crippen LogP contribution is 2.22. The molecule has 1 unspecified atom stereocenters. The molecule has 0 saturated heterocycles. The van der Waals surface area contributed by atoms with Crippen LogP contribution in [0.15, 0.2) is 24.4 Å². The number of aryl methyl sites for hydroxylation is 1. The van der Waals surface area contributed by atoms with Crippen molar-refractivity contribution in [3.8, 4) is 0 Å². The summed E-state index contributed by atoms with van der Waals surface area (Å²) in [7, 11) is 1.28. The zero-order chi connectivity index (χ0) is 13.3. The number of methoxy groups -OCH3 is 1. The number of ketones is 1. The third kappa shape index (κ3) is 2.01. The van der Waals surface area contributed by atoms with E-state index in [1.54, 1.807) is 13.1 Å². The fraction of sp³-hybridized carbons (Fsp3) is 0.286. The van der Waals surface area contributed by atoms with Crippen molar-refractivity contribution in [3.63, 3.8) is 0 Å². The van der Waals surface area contributed by atoms with E-state index in [2.05, 4.69) is 9.72 Å². The monoisotopic (exact) mass is 245 g/mol. The molecule has 4 heteroatoms. The SMILES string of the molecule is COC(=O)C(C)C(=O)c1c[nH]c2ccc(C)cc12. The molecule has 0 radical (unpaired) electrons. The lowest BCUT2D eigenvalue weighted by Gasteiger charge is -2.07. The molecule has 94 valence electrons. The first-order valence-corrected chi connectivity index (χ1v) is 5.74. The molecule has 1 atom stereocenters. The summed E-state index contributed by atoms with van der Waals surface area (Å²) in [6.07, 6.45) is 1.64. The molecule has 0 aliphatic heterocycles. The Bertz CT molecular complexity index is 613. The Morgan fingerprint density at radius 3 is 2.72 bits per heavy atom. The zero-order valence-electron chi connectivity index (χ0n) is 10.6. The molecule has 0 fully saturated rings. The minimum atomic E-state index is -0.783. The van der Waals surface area contributed by atoms with Crippen LogP contribution in [0, 0.1) is 12.8 Å². The number of aromatic nitrogens is 1. The lowest BCUT2D eigenvalue weighted by molar-refractivity contribution is -0.143. The molecule has 0 aliphatic carbocycles. The number of Topliss-reactive ketones (excluding diaryl/α,β-unsaturated/α-hetero) is 1. The molecule has 1 aromatic carbocycles. The molecular formula is C14H15NO3. The number of ether oxygens (including phenoxy) is 1. The number of esters is 1. The van der Waals surface area contributed by atoms with E-state index in [-0.39, 0.29) is 5.78 Å². The van der Waals surface area contributed by atoms with Crippen molar-refractivity contribution >= 4 is 22.7 Å². The summed E-state index contributed by atoms with van der Waals surface area (Å²) in [5.74, 6) is -1.52. The number of benzene rings is 1. The molecule has 0 amide bonds. The second kappa shape index (κ2) is 4.64. The van der Waals surface area contributed by atoms with Crippen molar-refractivity contribution in [2.24, 2.45) is 5.92 Å². The number of carbonyl (C=O) groups excluding carboxylic acids is 2. The molecule has 1 N–H and O–H groups in total. The zero-order valence-corrected chi connectivity index (χ0v) is 10.6. The van der Waals surface area contributed by atoms with Gasteiger partial charge in [-0.3, -0.25) is 9.59 Å². The maximum absolute atomic E-state index is 12.2. The maximum Gasteiger partial charge on any atom is 0.316 e. The predicted octanol–water partition coefficient (Wildman–Crippen LogP) is 2.47. The Balaban J connectivity index is 2.45. The highest BCUT2D eigenvalue weighted by molar-refractivity contribution is 6.14. The minimum absolute atomic E-state index is 0.223. The summed E-state index contributed by atoms with van der Waals surface area (Å²) in [6, 6.07) is 5.82. The number of nitrogens with one attached hydrogen (secondary N) is 1. The Morgan fingerprint density at radius 2 is 2.06 bits per heavy atom. The highest BCUT2D eigenvalue weighted by atomic mass is 16.5. The van der Waals surface area contributed by atoms with Gasteiger partial charge >= 0.3 is 5.97 Å². The molecule has 1 heterocycles. The molecule has 2 rings (SSSR count). The van der Waals surface area contributed by atoms with Gasteiger partial charge < -0.3 is 9.72 Å². The smallest absolute Gasteiger partial charge is 0.316 e. The summed E-state index contributed by atoms with van der Waals surface area (Å²) in [5.41, 5.74) is 2.49. The molecule has 0 bridgehead atoms. The van der Waals surface area contributed by atoms with Gasteiger partial charge in [0.05, 0.1) is 7.11 Å².